The summed E-state index contributed by atoms with van der Waals surface area (Å²) in [5.74, 6) is 0.371. The fourth-order valence-corrected chi connectivity index (χ4v) is 4.57. The van der Waals surface area contributed by atoms with Gasteiger partial charge in [0.15, 0.2) is 11.6 Å². The van der Waals surface area contributed by atoms with Crippen LogP contribution in [0.1, 0.15) is 44.7 Å². The van der Waals surface area contributed by atoms with Gasteiger partial charge >= 0.3 is 0 Å². The molecule has 0 radical (unpaired) electrons. The second kappa shape index (κ2) is 5.81. The molecular formula is C16H22FNO3S. The van der Waals surface area contributed by atoms with Gasteiger partial charge in [0, 0.05) is 12.6 Å². The standard InChI is InChI=1S/C16H22FNO3S/c1-11-7-8-18(22(11,19)20)12(2)14-5-6-15(17)16(9-14)21-10-13-3-4-13/h5-6,9,11-13H,3-4,7-8,10H2,1-2H3/t11?,12-/m1/s1. The van der Waals surface area contributed by atoms with Gasteiger partial charge in [-0.05, 0) is 56.7 Å². The summed E-state index contributed by atoms with van der Waals surface area (Å²) >= 11 is 0. The topological polar surface area (TPSA) is 46.6 Å². The summed E-state index contributed by atoms with van der Waals surface area (Å²) in [5, 5.41) is -0.346. The third kappa shape index (κ3) is 2.99. The molecule has 0 amide bonds. The van der Waals surface area contributed by atoms with E-state index in [2.05, 4.69) is 0 Å². The van der Waals surface area contributed by atoms with E-state index in [0.29, 0.717) is 25.5 Å². The number of ether oxygens (including phenoxy) is 1. The normalized spacial score (nSPS) is 26.0. The molecule has 1 aromatic rings. The van der Waals surface area contributed by atoms with E-state index in [4.69, 9.17) is 4.74 Å². The number of halogens is 1. The van der Waals surface area contributed by atoms with Crippen LogP contribution in [0.25, 0.3) is 0 Å². The Morgan fingerprint density at radius 2 is 2.09 bits per heavy atom. The lowest BCUT2D eigenvalue weighted by Gasteiger charge is -2.24. The van der Waals surface area contributed by atoms with Crippen molar-refractivity contribution in [3.05, 3.63) is 29.6 Å². The van der Waals surface area contributed by atoms with E-state index in [-0.39, 0.29) is 17.0 Å². The minimum atomic E-state index is -3.25. The Morgan fingerprint density at radius 1 is 1.36 bits per heavy atom. The second-order valence-electron chi connectivity index (χ2n) is 6.38. The van der Waals surface area contributed by atoms with Gasteiger partial charge in [-0.15, -0.1) is 0 Å². The highest BCUT2D eigenvalue weighted by atomic mass is 32.2. The zero-order valence-electron chi connectivity index (χ0n) is 13.0. The molecule has 6 heteroatoms. The number of hydrogen-bond acceptors (Lipinski definition) is 3. The Labute approximate surface area is 131 Å². The molecule has 1 saturated carbocycles. The Morgan fingerprint density at radius 3 is 2.68 bits per heavy atom. The number of nitrogens with zero attached hydrogens (tertiary/aromatic N) is 1. The van der Waals surface area contributed by atoms with Crippen LogP contribution >= 0.6 is 0 Å². The summed E-state index contributed by atoms with van der Waals surface area (Å²) < 4.78 is 45.5. The largest absolute Gasteiger partial charge is 0.490 e. The minimum Gasteiger partial charge on any atom is -0.490 e. The average Bonchev–Trinajstić information content (AvgIpc) is 3.25. The van der Waals surface area contributed by atoms with Crippen LogP contribution < -0.4 is 4.74 Å². The molecule has 1 aliphatic heterocycles. The monoisotopic (exact) mass is 327 g/mol. The van der Waals surface area contributed by atoms with E-state index in [1.807, 2.05) is 6.92 Å². The zero-order chi connectivity index (χ0) is 15.9. The summed E-state index contributed by atoms with van der Waals surface area (Å²) in [5.41, 5.74) is 0.768. The zero-order valence-corrected chi connectivity index (χ0v) is 13.8. The number of rotatable bonds is 5. The van der Waals surface area contributed by atoms with Gasteiger partial charge in [-0.1, -0.05) is 6.07 Å². The van der Waals surface area contributed by atoms with E-state index in [0.717, 1.165) is 18.4 Å². The van der Waals surface area contributed by atoms with Crippen molar-refractivity contribution in [1.82, 2.24) is 4.31 Å². The quantitative estimate of drug-likeness (QED) is 0.835. The SMILES string of the molecule is CC1CCN([C@H](C)c2ccc(F)c(OCC3CC3)c2)S1(=O)=O. The molecule has 2 aliphatic rings. The molecule has 0 N–H and O–H groups in total. The summed E-state index contributed by atoms with van der Waals surface area (Å²) in [6.45, 7) is 4.62. The molecule has 1 aromatic carbocycles. The first-order valence-corrected chi connectivity index (χ1v) is 9.33. The lowest BCUT2D eigenvalue weighted by Crippen LogP contribution is -2.31. The highest BCUT2D eigenvalue weighted by molar-refractivity contribution is 7.90. The van der Waals surface area contributed by atoms with Crippen molar-refractivity contribution in [2.24, 2.45) is 5.92 Å². The van der Waals surface area contributed by atoms with Crippen LogP contribution in [0.2, 0.25) is 0 Å². The first kappa shape index (κ1) is 15.7. The van der Waals surface area contributed by atoms with Gasteiger partial charge in [-0.2, -0.15) is 4.31 Å². The Kier molecular flexibility index (Phi) is 4.16. The van der Waals surface area contributed by atoms with E-state index >= 15 is 0 Å². The lowest BCUT2D eigenvalue weighted by atomic mass is 10.1. The van der Waals surface area contributed by atoms with Crippen molar-refractivity contribution < 1.29 is 17.5 Å². The van der Waals surface area contributed by atoms with Gasteiger partial charge in [-0.3, -0.25) is 0 Å². The molecule has 0 spiro atoms. The fourth-order valence-electron chi connectivity index (χ4n) is 2.78. The molecule has 0 aromatic heterocycles. The van der Waals surface area contributed by atoms with Crippen molar-refractivity contribution in [3.63, 3.8) is 0 Å². The van der Waals surface area contributed by atoms with Crippen LogP contribution in [-0.4, -0.2) is 31.1 Å². The predicted octanol–water partition coefficient (Wildman–Crippen LogP) is 3.10. The van der Waals surface area contributed by atoms with Gasteiger partial charge in [0.2, 0.25) is 10.0 Å². The maximum Gasteiger partial charge on any atom is 0.217 e. The van der Waals surface area contributed by atoms with Crippen molar-refractivity contribution >= 4 is 10.0 Å². The van der Waals surface area contributed by atoms with Crippen LogP contribution in [0.3, 0.4) is 0 Å². The highest BCUT2D eigenvalue weighted by Crippen LogP contribution is 2.34. The lowest BCUT2D eigenvalue weighted by molar-refractivity contribution is 0.283. The Balaban J connectivity index is 1.80. The van der Waals surface area contributed by atoms with E-state index < -0.39 is 15.8 Å². The van der Waals surface area contributed by atoms with E-state index in [1.165, 1.54) is 10.4 Å². The van der Waals surface area contributed by atoms with E-state index in [1.54, 1.807) is 19.1 Å². The number of sulfonamides is 1. The van der Waals surface area contributed by atoms with Crippen LogP contribution in [0, 0.1) is 11.7 Å². The molecule has 0 bridgehead atoms. The molecule has 1 saturated heterocycles. The first-order valence-electron chi connectivity index (χ1n) is 7.82. The van der Waals surface area contributed by atoms with Crippen LogP contribution in [0.5, 0.6) is 5.75 Å². The van der Waals surface area contributed by atoms with Gasteiger partial charge in [-0.25, -0.2) is 12.8 Å². The van der Waals surface area contributed by atoms with Gasteiger partial charge in [0.1, 0.15) is 0 Å². The number of benzene rings is 1. The fraction of sp³-hybridized carbons (Fsp3) is 0.625. The van der Waals surface area contributed by atoms with Crippen molar-refractivity contribution in [2.75, 3.05) is 13.2 Å². The van der Waals surface area contributed by atoms with E-state index in [9.17, 15) is 12.8 Å². The summed E-state index contributed by atoms with van der Waals surface area (Å²) in [4.78, 5) is 0. The first-order chi connectivity index (χ1) is 10.4. The molecule has 1 aliphatic carbocycles. The maximum atomic E-state index is 13.8. The van der Waals surface area contributed by atoms with Gasteiger partial charge in [0.05, 0.1) is 11.9 Å². The summed E-state index contributed by atoms with van der Waals surface area (Å²) in [6, 6.07) is 4.34. The molecule has 122 valence electrons. The van der Waals surface area contributed by atoms with Crippen LogP contribution in [0.4, 0.5) is 4.39 Å². The van der Waals surface area contributed by atoms with Gasteiger partial charge in [0.25, 0.3) is 0 Å². The highest BCUT2D eigenvalue weighted by Gasteiger charge is 2.39. The van der Waals surface area contributed by atoms with Crippen molar-refractivity contribution in [2.45, 2.75) is 44.4 Å². The third-order valence-electron chi connectivity index (χ3n) is 4.63. The molecular weight excluding hydrogens is 305 g/mol. The second-order valence-corrected chi connectivity index (χ2v) is 8.68. The molecule has 22 heavy (non-hydrogen) atoms. The molecule has 1 unspecified atom stereocenters. The summed E-state index contributed by atoms with van der Waals surface area (Å²) in [7, 11) is -3.25. The van der Waals surface area contributed by atoms with Crippen LogP contribution in [-0.2, 0) is 10.0 Å². The summed E-state index contributed by atoms with van der Waals surface area (Å²) in [6.07, 6.45) is 2.92. The third-order valence-corrected chi connectivity index (χ3v) is 7.04. The molecule has 4 nitrogen and oxygen atoms in total. The predicted molar refractivity (Wildman–Crippen MR) is 82.7 cm³/mol. The van der Waals surface area contributed by atoms with Gasteiger partial charge < -0.3 is 4.74 Å². The van der Waals surface area contributed by atoms with Crippen LogP contribution in [0.15, 0.2) is 18.2 Å². The maximum absolute atomic E-state index is 13.8. The Hall–Kier alpha value is -1.14. The Bertz CT molecular complexity index is 657. The van der Waals surface area contributed by atoms with Crippen molar-refractivity contribution in [3.8, 4) is 5.75 Å². The number of hydrogen-bond donors (Lipinski definition) is 0. The molecule has 3 rings (SSSR count). The molecule has 2 fully saturated rings. The molecule has 2 atom stereocenters. The minimum absolute atomic E-state index is 0.223. The molecule has 1 heterocycles. The van der Waals surface area contributed by atoms with Crippen molar-refractivity contribution in [1.29, 1.82) is 0 Å². The average molecular weight is 327 g/mol. The smallest absolute Gasteiger partial charge is 0.217 e.